The first-order chi connectivity index (χ1) is 8.65. The molecule has 1 amide bonds. The van der Waals surface area contributed by atoms with Gasteiger partial charge in [-0.3, -0.25) is 4.79 Å². The van der Waals surface area contributed by atoms with Crippen molar-refractivity contribution >= 4 is 21.8 Å². The standard InChI is InChI=1S/C14H18BrNO2/c15-8-7-14(5-6-14)10-16-13(18)9-11-3-1-2-4-12(11)17/h1-4,17H,5-10H2,(H,16,18). The second kappa shape index (κ2) is 5.74. The van der Waals surface area contributed by atoms with Crippen molar-refractivity contribution in [1.82, 2.24) is 5.32 Å². The Bertz CT molecular complexity index is 430. The van der Waals surface area contributed by atoms with Crippen LogP contribution in [0, 0.1) is 5.41 Å². The summed E-state index contributed by atoms with van der Waals surface area (Å²) in [7, 11) is 0. The van der Waals surface area contributed by atoms with Crippen LogP contribution in [-0.2, 0) is 11.2 Å². The van der Waals surface area contributed by atoms with Crippen molar-refractivity contribution in [1.29, 1.82) is 0 Å². The van der Waals surface area contributed by atoms with Gasteiger partial charge in [-0.15, -0.1) is 0 Å². The van der Waals surface area contributed by atoms with E-state index in [1.54, 1.807) is 18.2 Å². The quantitative estimate of drug-likeness (QED) is 0.793. The average molecular weight is 312 g/mol. The molecule has 98 valence electrons. The summed E-state index contributed by atoms with van der Waals surface area (Å²) < 4.78 is 0. The summed E-state index contributed by atoms with van der Waals surface area (Å²) in [5.74, 6) is 0.173. The van der Waals surface area contributed by atoms with Gasteiger partial charge in [0.05, 0.1) is 6.42 Å². The molecule has 18 heavy (non-hydrogen) atoms. The molecule has 1 aromatic rings. The Morgan fingerprint density at radius 2 is 2.11 bits per heavy atom. The normalized spacial score (nSPS) is 16.3. The van der Waals surface area contributed by atoms with Gasteiger partial charge in [-0.2, -0.15) is 0 Å². The average Bonchev–Trinajstić information content (AvgIpc) is 3.11. The highest BCUT2D eigenvalue weighted by atomic mass is 79.9. The summed E-state index contributed by atoms with van der Waals surface area (Å²) in [4.78, 5) is 11.8. The van der Waals surface area contributed by atoms with Crippen LogP contribution >= 0.6 is 15.9 Å². The lowest BCUT2D eigenvalue weighted by Crippen LogP contribution is -2.31. The van der Waals surface area contributed by atoms with Gasteiger partial charge >= 0.3 is 0 Å². The van der Waals surface area contributed by atoms with Crippen LogP contribution in [0.15, 0.2) is 24.3 Å². The molecule has 2 N–H and O–H groups in total. The molecule has 2 rings (SSSR count). The Hall–Kier alpha value is -1.03. The van der Waals surface area contributed by atoms with E-state index in [4.69, 9.17) is 0 Å². The Morgan fingerprint density at radius 1 is 1.39 bits per heavy atom. The predicted molar refractivity (Wildman–Crippen MR) is 74.9 cm³/mol. The molecule has 0 aromatic heterocycles. The first-order valence-electron chi connectivity index (χ1n) is 6.25. The van der Waals surface area contributed by atoms with Crippen molar-refractivity contribution in [3.05, 3.63) is 29.8 Å². The van der Waals surface area contributed by atoms with E-state index in [2.05, 4.69) is 21.2 Å². The van der Waals surface area contributed by atoms with E-state index in [0.717, 1.165) is 18.3 Å². The number of amides is 1. The minimum atomic E-state index is -0.0163. The number of nitrogens with one attached hydrogen (secondary N) is 1. The van der Waals surface area contributed by atoms with Crippen LogP contribution in [-0.4, -0.2) is 22.9 Å². The van der Waals surface area contributed by atoms with E-state index >= 15 is 0 Å². The van der Waals surface area contributed by atoms with Gasteiger partial charge in [-0.1, -0.05) is 34.1 Å². The number of phenols is 1. The maximum Gasteiger partial charge on any atom is 0.224 e. The first kappa shape index (κ1) is 13.4. The van der Waals surface area contributed by atoms with Crippen molar-refractivity contribution in [2.24, 2.45) is 5.41 Å². The van der Waals surface area contributed by atoms with Crippen LogP contribution in [0.2, 0.25) is 0 Å². The maximum atomic E-state index is 11.8. The van der Waals surface area contributed by atoms with Gasteiger partial charge in [0.1, 0.15) is 5.75 Å². The summed E-state index contributed by atoms with van der Waals surface area (Å²) in [5, 5.41) is 13.6. The highest BCUT2D eigenvalue weighted by Gasteiger charge is 2.41. The fourth-order valence-corrected chi connectivity index (χ4v) is 2.92. The number of para-hydroxylation sites is 1. The third-order valence-corrected chi connectivity index (χ3v) is 3.98. The Labute approximate surface area is 116 Å². The van der Waals surface area contributed by atoms with Gasteiger partial charge in [-0.05, 0) is 30.7 Å². The Morgan fingerprint density at radius 3 is 2.72 bits per heavy atom. The van der Waals surface area contributed by atoms with Gasteiger partial charge in [0.15, 0.2) is 0 Å². The van der Waals surface area contributed by atoms with Crippen LogP contribution in [0.1, 0.15) is 24.8 Å². The fourth-order valence-electron chi connectivity index (χ4n) is 2.07. The van der Waals surface area contributed by atoms with E-state index in [1.165, 1.54) is 12.8 Å². The summed E-state index contributed by atoms with van der Waals surface area (Å²) in [5.41, 5.74) is 1.01. The lowest BCUT2D eigenvalue weighted by Gasteiger charge is -2.14. The third-order valence-electron chi connectivity index (χ3n) is 3.59. The molecule has 0 bridgehead atoms. The Kier molecular flexibility index (Phi) is 4.27. The number of alkyl halides is 1. The van der Waals surface area contributed by atoms with Crippen LogP contribution < -0.4 is 5.32 Å². The van der Waals surface area contributed by atoms with Crippen molar-refractivity contribution < 1.29 is 9.90 Å². The SMILES string of the molecule is O=C(Cc1ccccc1O)NCC1(CCBr)CC1. The van der Waals surface area contributed by atoms with E-state index in [-0.39, 0.29) is 18.1 Å². The molecule has 0 unspecified atom stereocenters. The zero-order valence-corrected chi connectivity index (χ0v) is 11.9. The topological polar surface area (TPSA) is 49.3 Å². The molecule has 1 aliphatic carbocycles. The second-order valence-electron chi connectivity index (χ2n) is 5.02. The molecule has 0 spiro atoms. The molecule has 1 aliphatic rings. The summed E-state index contributed by atoms with van der Waals surface area (Å²) in [6.45, 7) is 0.755. The van der Waals surface area contributed by atoms with E-state index < -0.39 is 0 Å². The number of hydrogen-bond donors (Lipinski definition) is 2. The van der Waals surface area contributed by atoms with Crippen LogP contribution in [0.25, 0.3) is 0 Å². The smallest absolute Gasteiger partial charge is 0.224 e. The van der Waals surface area contributed by atoms with Gasteiger partial charge in [0.25, 0.3) is 0 Å². The molecule has 0 heterocycles. The number of phenolic OH excluding ortho intramolecular Hbond substituents is 1. The molecular formula is C14H18BrNO2. The van der Waals surface area contributed by atoms with Crippen LogP contribution in [0.4, 0.5) is 0 Å². The molecule has 0 radical (unpaired) electrons. The monoisotopic (exact) mass is 311 g/mol. The summed E-state index contributed by atoms with van der Waals surface area (Å²) in [6.07, 6.45) is 3.77. The number of carbonyl (C=O) groups excluding carboxylic acids is 1. The minimum Gasteiger partial charge on any atom is -0.508 e. The van der Waals surface area contributed by atoms with Gasteiger partial charge < -0.3 is 10.4 Å². The third kappa shape index (κ3) is 3.48. The van der Waals surface area contributed by atoms with Gasteiger partial charge in [0.2, 0.25) is 5.91 Å². The lowest BCUT2D eigenvalue weighted by molar-refractivity contribution is -0.120. The highest BCUT2D eigenvalue weighted by molar-refractivity contribution is 9.09. The van der Waals surface area contributed by atoms with Crippen LogP contribution in [0.3, 0.4) is 0 Å². The molecule has 0 atom stereocenters. The van der Waals surface area contributed by atoms with Crippen molar-refractivity contribution in [3.63, 3.8) is 0 Å². The number of benzene rings is 1. The number of hydrogen-bond acceptors (Lipinski definition) is 2. The number of halogens is 1. The Balaban J connectivity index is 1.81. The highest BCUT2D eigenvalue weighted by Crippen LogP contribution is 2.48. The van der Waals surface area contributed by atoms with Crippen molar-refractivity contribution in [2.75, 3.05) is 11.9 Å². The van der Waals surface area contributed by atoms with Gasteiger partial charge in [-0.25, -0.2) is 0 Å². The second-order valence-corrected chi connectivity index (χ2v) is 5.81. The number of aromatic hydroxyl groups is 1. The zero-order valence-electron chi connectivity index (χ0n) is 10.3. The molecule has 1 aromatic carbocycles. The van der Waals surface area contributed by atoms with Gasteiger partial charge in [0, 0.05) is 17.4 Å². The minimum absolute atomic E-state index is 0.0163. The largest absolute Gasteiger partial charge is 0.508 e. The lowest BCUT2D eigenvalue weighted by atomic mass is 10.0. The predicted octanol–water partition coefficient (Wildman–Crippen LogP) is 2.62. The fraction of sp³-hybridized carbons (Fsp3) is 0.500. The van der Waals surface area contributed by atoms with E-state index in [1.807, 2.05) is 6.07 Å². The van der Waals surface area contributed by atoms with Crippen molar-refractivity contribution in [2.45, 2.75) is 25.7 Å². The molecule has 4 heteroatoms. The first-order valence-corrected chi connectivity index (χ1v) is 7.37. The molecule has 1 fully saturated rings. The van der Waals surface area contributed by atoms with E-state index in [0.29, 0.717) is 11.0 Å². The molecule has 3 nitrogen and oxygen atoms in total. The maximum absolute atomic E-state index is 11.8. The van der Waals surface area contributed by atoms with E-state index in [9.17, 15) is 9.90 Å². The zero-order chi connectivity index (χ0) is 13.0. The summed E-state index contributed by atoms with van der Waals surface area (Å²) >= 11 is 3.45. The molecule has 1 saturated carbocycles. The number of rotatable bonds is 6. The molecular weight excluding hydrogens is 294 g/mol. The number of carbonyl (C=O) groups is 1. The molecule has 0 saturated heterocycles. The van der Waals surface area contributed by atoms with Crippen LogP contribution in [0.5, 0.6) is 5.75 Å². The summed E-state index contributed by atoms with van der Waals surface area (Å²) in [6, 6.07) is 6.97. The van der Waals surface area contributed by atoms with Crippen molar-refractivity contribution in [3.8, 4) is 5.75 Å². The molecule has 0 aliphatic heterocycles.